The summed E-state index contributed by atoms with van der Waals surface area (Å²) in [5.41, 5.74) is 0. The molecule has 0 spiro atoms. The fourth-order valence-electron chi connectivity index (χ4n) is 0.793. The van der Waals surface area contributed by atoms with Crippen molar-refractivity contribution in [3.63, 3.8) is 0 Å². The summed E-state index contributed by atoms with van der Waals surface area (Å²) in [4.78, 5) is 14.2. The van der Waals surface area contributed by atoms with E-state index in [0.29, 0.717) is 23.9 Å². The lowest BCUT2D eigenvalue weighted by Gasteiger charge is -1.87. The summed E-state index contributed by atoms with van der Waals surface area (Å²) in [7, 11) is 0. The molecule has 1 aromatic rings. The van der Waals surface area contributed by atoms with Gasteiger partial charge < -0.3 is 9.63 Å². The standard InChI is InChI=1S/C7H10N2O3S/c1-13-4-5-8-6(12-9-5)2-3-7(10)11/h2-4H2,1H3,(H,10,11). The molecule has 0 bridgehead atoms. The summed E-state index contributed by atoms with van der Waals surface area (Å²) in [6, 6.07) is 0. The van der Waals surface area contributed by atoms with Crippen LogP contribution in [0.25, 0.3) is 0 Å². The molecular weight excluding hydrogens is 192 g/mol. The van der Waals surface area contributed by atoms with Gasteiger partial charge in [-0.1, -0.05) is 5.16 Å². The number of aliphatic carboxylic acids is 1. The zero-order valence-electron chi connectivity index (χ0n) is 7.19. The van der Waals surface area contributed by atoms with E-state index < -0.39 is 5.97 Å². The minimum Gasteiger partial charge on any atom is -0.481 e. The Hall–Kier alpha value is -1.04. The topological polar surface area (TPSA) is 76.2 Å². The van der Waals surface area contributed by atoms with Gasteiger partial charge in [0.15, 0.2) is 5.82 Å². The van der Waals surface area contributed by atoms with Crippen molar-refractivity contribution in [1.29, 1.82) is 0 Å². The van der Waals surface area contributed by atoms with Gasteiger partial charge >= 0.3 is 5.97 Å². The highest BCUT2D eigenvalue weighted by atomic mass is 32.2. The molecule has 0 amide bonds. The number of thioether (sulfide) groups is 1. The van der Waals surface area contributed by atoms with Crippen LogP contribution in [0, 0.1) is 0 Å². The Morgan fingerprint density at radius 2 is 2.46 bits per heavy atom. The first-order chi connectivity index (χ1) is 6.22. The number of hydrogen-bond acceptors (Lipinski definition) is 5. The molecule has 0 aliphatic carbocycles. The number of rotatable bonds is 5. The van der Waals surface area contributed by atoms with Crippen LogP contribution < -0.4 is 0 Å². The second-order valence-corrected chi connectivity index (χ2v) is 3.30. The van der Waals surface area contributed by atoms with Crippen LogP contribution in [0.3, 0.4) is 0 Å². The first-order valence-electron chi connectivity index (χ1n) is 3.74. The molecule has 0 saturated carbocycles. The molecule has 1 aromatic heterocycles. The summed E-state index contributed by atoms with van der Waals surface area (Å²) >= 11 is 1.59. The van der Waals surface area contributed by atoms with Crippen molar-refractivity contribution in [1.82, 2.24) is 10.1 Å². The lowest BCUT2D eigenvalue weighted by atomic mass is 10.3. The van der Waals surface area contributed by atoms with E-state index in [1.165, 1.54) is 0 Å². The van der Waals surface area contributed by atoms with Crippen LogP contribution in [0.5, 0.6) is 0 Å². The van der Waals surface area contributed by atoms with Gasteiger partial charge in [0.25, 0.3) is 0 Å². The normalized spacial score (nSPS) is 10.2. The molecule has 13 heavy (non-hydrogen) atoms. The second-order valence-electron chi connectivity index (χ2n) is 2.43. The maximum atomic E-state index is 10.2. The average molecular weight is 202 g/mol. The number of hydrogen-bond donors (Lipinski definition) is 1. The van der Waals surface area contributed by atoms with E-state index in [0.717, 1.165) is 0 Å². The Kier molecular flexibility index (Phi) is 3.75. The van der Waals surface area contributed by atoms with Crippen molar-refractivity contribution in [2.75, 3.05) is 6.26 Å². The Morgan fingerprint density at radius 3 is 3.08 bits per heavy atom. The lowest BCUT2D eigenvalue weighted by molar-refractivity contribution is -0.137. The number of nitrogens with zero attached hydrogens (tertiary/aromatic N) is 2. The third-order valence-electron chi connectivity index (χ3n) is 1.34. The largest absolute Gasteiger partial charge is 0.481 e. The number of carboxylic acids is 1. The zero-order valence-corrected chi connectivity index (χ0v) is 8.00. The first kappa shape index (κ1) is 10.0. The lowest BCUT2D eigenvalue weighted by Crippen LogP contribution is -1.97. The molecule has 0 fully saturated rings. The van der Waals surface area contributed by atoms with E-state index in [-0.39, 0.29) is 6.42 Å². The molecule has 0 aliphatic heterocycles. The van der Waals surface area contributed by atoms with Crippen molar-refractivity contribution in [3.05, 3.63) is 11.7 Å². The van der Waals surface area contributed by atoms with E-state index in [2.05, 4.69) is 10.1 Å². The summed E-state index contributed by atoms with van der Waals surface area (Å²) in [5.74, 6) is 0.847. The summed E-state index contributed by atoms with van der Waals surface area (Å²) < 4.78 is 4.83. The highest BCUT2D eigenvalue weighted by Gasteiger charge is 2.07. The fraction of sp³-hybridized carbons (Fsp3) is 0.571. The number of carbonyl (C=O) groups is 1. The fourth-order valence-corrected chi connectivity index (χ4v) is 1.17. The van der Waals surface area contributed by atoms with Crippen LogP contribution in [0.15, 0.2) is 4.52 Å². The van der Waals surface area contributed by atoms with Crippen LogP contribution >= 0.6 is 11.8 Å². The molecule has 1 rings (SSSR count). The minimum absolute atomic E-state index is 0.0287. The molecule has 0 aliphatic rings. The summed E-state index contributed by atoms with van der Waals surface area (Å²) in [6.07, 6.45) is 2.27. The van der Waals surface area contributed by atoms with E-state index in [1.54, 1.807) is 11.8 Å². The number of carboxylic acid groups (broad SMARTS) is 1. The van der Waals surface area contributed by atoms with E-state index >= 15 is 0 Å². The van der Waals surface area contributed by atoms with E-state index in [4.69, 9.17) is 9.63 Å². The maximum absolute atomic E-state index is 10.2. The molecule has 72 valence electrons. The van der Waals surface area contributed by atoms with Crippen LogP contribution in [0.2, 0.25) is 0 Å². The highest BCUT2D eigenvalue weighted by Crippen LogP contribution is 2.06. The molecule has 0 atom stereocenters. The molecule has 1 heterocycles. The van der Waals surface area contributed by atoms with Gasteiger partial charge in [-0.3, -0.25) is 4.79 Å². The molecule has 1 N–H and O–H groups in total. The molecule has 6 heteroatoms. The van der Waals surface area contributed by atoms with Gasteiger partial charge in [0.05, 0.1) is 12.2 Å². The van der Waals surface area contributed by atoms with Crippen molar-refractivity contribution in [3.8, 4) is 0 Å². The van der Waals surface area contributed by atoms with Crippen LogP contribution in [0.4, 0.5) is 0 Å². The Morgan fingerprint density at radius 1 is 1.69 bits per heavy atom. The van der Waals surface area contributed by atoms with Gasteiger partial charge in [0, 0.05) is 6.42 Å². The van der Waals surface area contributed by atoms with Crippen molar-refractivity contribution >= 4 is 17.7 Å². The van der Waals surface area contributed by atoms with Crippen LogP contribution in [-0.4, -0.2) is 27.5 Å². The van der Waals surface area contributed by atoms with Gasteiger partial charge in [-0.25, -0.2) is 0 Å². The first-order valence-corrected chi connectivity index (χ1v) is 5.14. The predicted molar refractivity (Wildman–Crippen MR) is 47.5 cm³/mol. The maximum Gasteiger partial charge on any atom is 0.303 e. The Bertz CT molecular complexity index is 287. The highest BCUT2D eigenvalue weighted by molar-refractivity contribution is 7.97. The molecule has 0 aromatic carbocycles. The van der Waals surface area contributed by atoms with Crippen molar-refractivity contribution < 1.29 is 14.4 Å². The van der Waals surface area contributed by atoms with Gasteiger partial charge in [0.1, 0.15) is 0 Å². The smallest absolute Gasteiger partial charge is 0.303 e. The van der Waals surface area contributed by atoms with Crippen molar-refractivity contribution in [2.24, 2.45) is 0 Å². The van der Waals surface area contributed by atoms with Gasteiger partial charge in [-0.05, 0) is 6.26 Å². The molecule has 0 saturated heterocycles. The number of aromatic nitrogens is 2. The van der Waals surface area contributed by atoms with E-state index in [1.807, 2.05) is 6.26 Å². The zero-order chi connectivity index (χ0) is 9.68. The second kappa shape index (κ2) is 4.86. The molecule has 0 radical (unpaired) electrons. The summed E-state index contributed by atoms with van der Waals surface area (Å²) in [6.45, 7) is 0. The molecule has 0 unspecified atom stereocenters. The van der Waals surface area contributed by atoms with Crippen LogP contribution in [-0.2, 0) is 17.0 Å². The monoisotopic (exact) mass is 202 g/mol. The summed E-state index contributed by atoms with van der Waals surface area (Å²) in [5, 5.41) is 12.1. The Labute approximate surface area is 79.5 Å². The third kappa shape index (κ3) is 3.45. The molecular formula is C7H10N2O3S. The quantitative estimate of drug-likeness (QED) is 0.766. The number of aryl methyl sites for hydroxylation is 1. The van der Waals surface area contributed by atoms with Gasteiger partial charge in [-0.2, -0.15) is 16.7 Å². The minimum atomic E-state index is -0.857. The molecule has 5 nitrogen and oxygen atoms in total. The van der Waals surface area contributed by atoms with Gasteiger partial charge in [-0.15, -0.1) is 0 Å². The third-order valence-corrected chi connectivity index (χ3v) is 1.88. The SMILES string of the molecule is CSCc1noc(CCC(=O)O)n1. The average Bonchev–Trinajstić information content (AvgIpc) is 2.50. The van der Waals surface area contributed by atoms with Crippen molar-refractivity contribution in [2.45, 2.75) is 18.6 Å². The van der Waals surface area contributed by atoms with E-state index in [9.17, 15) is 4.79 Å². The van der Waals surface area contributed by atoms with Crippen LogP contribution in [0.1, 0.15) is 18.1 Å². The Balaban J connectivity index is 2.44. The van der Waals surface area contributed by atoms with Gasteiger partial charge in [0.2, 0.25) is 5.89 Å². The predicted octanol–water partition coefficient (Wildman–Crippen LogP) is 0.950.